The summed E-state index contributed by atoms with van der Waals surface area (Å²) in [6, 6.07) is 5.71. The summed E-state index contributed by atoms with van der Waals surface area (Å²) in [7, 11) is 3.30. The van der Waals surface area contributed by atoms with Crippen LogP contribution in [0.1, 0.15) is 51.5 Å². The molecule has 0 heterocycles. The molecule has 2 rings (SSSR count). The molecule has 3 heteroatoms. The number of rotatable bonds is 4. The van der Waals surface area contributed by atoms with E-state index in [2.05, 4.69) is 13.8 Å². The van der Waals surface area contributed by atoms with Crippen LogP contribution in [0, 0.1) is 11.8 Å². The monoisotopic (exact) mass is 292 g/mol. The van der Waals surface area contributed by atoms with Crippen molar-refractivity contribution in [2.24, 2.45) is 11.8 Å². The maximum absolute atomic E-state index is 11.3. The minimum absolute atomic E-state index is 0.673. The van der Waals surface area contributed by atoms with Crippen LogP contribution in [-0.4, -0.2) is 19.3 Å². The van der Waals surface area contributed by atoms with Crippen LogP contribution in [0.15, 0.2) is 18.2 Å². The largest absolute Gasteiger partial charge is 0.496 e. The quantitative estimate of drug-likeness (QED) is 0.848. The molecular weight excluding hydrogens is 264 g/mol. The van der Waals surface area contributed by atoms with Gasteiger partial charge in [0.15, 0.2) is 0 Å². The van der Waals surface area contributed by atoms with Gasteiger partial charge in [-0.1, -0.05) is 26.3 Å². The molecule has 1 saturated carbocycles. The van der Waals surface area contributed by atoms with Gasteiger partial charge in [0.25, 0.3) is 0 Å². The van der Waals surface area contributed by atoms with Gasteiger partial charge in [-0.3, -0.25) is 0 Å². The Kier molecular flexibility index (Phi) is 5.15. The van der Waals surface area contributed by atoms with Crippen molar-refractivity contribution < 1.29 is 14.6 Å². The molecule has 1 fully saturated rings. The van der Waals surface area contributed by atoms with Crippen molar-refractivity contribution >= 4 is 0 Å². The normalized spacial score (nSPS) is 26.5. The van der Waals surface area contributed by atoms with E-state index in [0.29, 0.717) is 11.8 Å². The van der Waals surface area contributed by atoms with Gasteiger partial charge in [-0.15, -0.1) is 0 Å². The summed E-state index contributed by atoms with van der Waals surface area (Å²) in [5, 5.41) is 11.3. The van der Waals surface area contributed by atoms with E-state index < -0.39 is 5.60 Å². The Morgan fingerprint density at radius 2 is 1.71 bits per heavy atom. The molecule has 2 atom stereocenters. The molecule has 0 aliphatic heterocycles. The number of methoxy groups -OCH3 is 2. The van der Waals surface area contributed by atoms with Crippen LogP contribution >= 0.6 is 0 Å². The van der Waals surface area contributed by atoms with Crippen molar-refractivity contribution in [1.29, 1.82) is 0 Å². The fraction of sp³-hybridized carbons (Fsp3) is 0.667. The van der Waals surface area contributed by atoms with E-state index in [4.69, 9.17) is 9.47 Å². The average molecular weight is 292 g/mol. The first kappa shape index (κ1) is 16.2. The molecule has 3 nitrogen and oxygen atoms in total. The van der Waals surface area contributed by atoms with Gasteiger partial charge < -0.3 is 14.6 Å². The maximum Gasteiger partial charge on any atom is 0.128 e. The third-order valence-electron chi connectivity index (χ3n) is 4.93. The predicted octanol–water partition coefficient (Wildman–Crippen LogP) is 4.13. The van der Waals surface area contributed by atoms with Gasteiger partial charge in [0.05, 0.1) is 25.4 Å². The van der Waals surface area contributed by atoms with Gasteiger partial charge in [-0.05, 0) is 49.7 Å². The zero-order chi connectivity index (χ0) is 15.5. The third kappa shape index (κ3) is 3.34. The lowest BCUT2D eigenvalue weighted by atomic mass is 9.83. The molecular formula is C18H28O3. The predicted molar refractivity (Wildman–Crippen MR) is 84.9 cm³/mol. The molecule has 0 radical (unpaired) electrons. The molecule has 1 aromatic carbocycles. The second-order valence-electron chi connectivity index (χ2n) is 6.50. The molecule has 1 aliphatic carbocycles. The summed E-state index contributed by atoms with van der Waals surface area (Å²) >= 11 is 0. The Labute approximate surface area is 128 Å². The smallest absolute Gasteiger partial charge is 0.128 e. The summed E-state index contributed by atoms with van der Waals surface area (Å²) in [5.41, 5.74) is -0.0268. The number of benzene rings is 1. The van der Waals surface area contributed by atoms with Crippen LogP contribution in [-0.2, 0) is 5.60 Å². The van der Waals surface area contributed by atoms with Gasteiger partial charge in [-0.2, -0.15) is 0 Å². The molecule has 1 N–H and O–H groups in total. The molecule has 0 aromatic heterocycles. The minimum atomic E-state index is -0.846. The first-order valence-electron chi connectivity index (χ1n) is 7.95. The zero-order valence-corrected chi connectivity index (χ0v) is 13.7. The maximum atomic E-state index is 11.3. The Morgan fingerprint density at radius 3 is 2.24 bits per heavy atom. The molecule has 1 aliphatic rings. The molecule has 0 bridgehead atoms. The van der Waals surface area contributed by atoms with Gasteiger partial charge >= 0.3 is 0 Å². The van der Waals surface area contributed by atoms with E-state index in [1.54, 1.807) is 14.2 Å². The minimum Gasteiger partial charge on any atom is -0.496 e. The number of hydrogen-bond donors (Lipinski definition) is 1. The Morgan fingerprint density at radius 1 is 1.10 bits per heavy atom. The van der Waals surface area contributed by atoms with E-state index in [-0.39, 0.29) is 0 Å². The van der Waals surface area contributed by atoms with Crippen molar-refractivity contribution in [2.75, 3.05) is 14.2 Å². The van der Waals surface area contributed by atoms with Crippen molar-refractivity contribution in [2.45, 2.75) is 51.6 Å². The number of ether oxygens (including phenoxy) is 2. The molecule has 0 spiro atoms. The summed E-state index contributed by atoms with van der Waals surface area (Å²) in [5.74, 6) is 2.81. The molecule has 2 unspecified atom stereocenters. The summed E-state index contributed by atoms with van der Waals surface area (Å²) in [4.78, 5) is 0. The van der Waals surface area contributed by atoms with Crippen LogP contribution in [0.2, 0.25) is 0 Å². The highest BCUT2D eigenvalue weighted by Gasteiger charge is 2.37. The topological polar surface area (TPSA) is 38.7 Å². The van der Waals surface area contributed by atoms with Crippen LogP contribution in [0.4, 0.5) is 0 Å². The highest BCUT2D eigenvalue weighted by molar-refractivity contribution is 5.48. The van der Waals surface area contributed by atoms with Crippen molar-refractivity contribution in [3.8, 4) is 11.5 Å². The SMILES string of the molecule is COc1cccc(OC)c1C1(O)CCCC(C(C)C)CC1. The molecule has 0 saturated heterocycles. The van der Waals surface area contributed by atoms with Crippen LogP contribution in [0.25, 0.3) is 0 Å². The lowest BCUT2D eigenvalue weighted by Gasteiger charge is -2.30. The van der Waals surface area contributed by atoms with Gasteiger partial charge in [0, 0.05) is 0 Å². The van der Waals surface area contributed by atoms with E-state index in [9.17, 15) is 5.11 Å². The molecule has 21 heavy (non-hydrogen) atoms. The van der Waals surface area contributed by atoms with Crippen LogP contribution in [0.3, 0.4) is 0 Å². The second kappa shape index (κ2) is 6.69. The fourth-order valence-electron chi connectivity index (χ4n) is 3.58. The summed E-state index contributed by atoms with van der Waals surface area (Å²) in [6.07, 6.45) is 4.83. The van der Waals surface area contributed by atoms with Crippen LogP contribution in [0.5, 0.6) is 11.5 Å². The Hall–Kier alpha value is -1.22. The van der Waals surface area contributed by atoms with E-state index in [1.165, 1.54) is 6.42 Å². The van der Waals surface area contributed by atoms with Crippen LogP contribution < -0.4 is 9.47 Å². The molecule has 1 aromatic rings. The Balaban J connectivity index is 2.35. The van der Waals surface area contributed by atoms with Gasteiger partial charge in [0.1, 0.15) is 11.5 Å². The Bertz CT molecular complexity index is 447. The lowest BCUT2D eigenvalue weighted by Crippen LogP contribution is -2.26. The molecule has 118 valence electrons. The zero-order valence-electron chi connectivity index (χ0n) is 13.7. The van der Waals surface area contributed by atoms with E-state index in [0.717, 1.165) is 42.7 Å². The highest BCUT2D eigenvalue weighted by atomic mass is 16.5. The number of hydrogen-bond acceptors (Lipinski definition) is 3. The molecule has 0 amide bonds. The van der Waals surface area contributed by atoms with Gasteiger partial charge in [0.2, 0.25) is 0 Å². The third-order valence-corrected chi connectivity index (χ3v) is 4.93. The van der Waals surface area contributed by atoms with Crippen molar-refractivity contribution in [3.63, 3.8) is 0 Å². The van der Waals surface area contributed by atoms with Crippen molar-refractivity contribution in [1.82, 2.24) is 0 Å². The van der Waals surface area contributed by atoms with E-state index >= 15 is 0 Å². The van der Waals surface area contributed by atoms with Gasteiger partial charge in [-0.25, -0.2) is 0 Å². The fourth-order valence-corrected chi connectivity index (χ4v) is 3.58. The summed E-state index contributed by atoms with van der Waals surface area (Å²) < 4.78 is 11.0. The average Bonchev–Trinajstić information content (AvgIpc) is 2.69. The van der Waals surface area contributed by atoms with E-state index in [1.807, 2.05) is 18.2 Å². The first-order valence-corrected chi connectivity index (χ1v) is 7.95. The first-order chi connectivity index (χ1) is 10.0. The summed E-state index contributed by atoms with van der Waals surface area (Å²) in [6.45, 7) is 4.55. The second-order valence-corrected chi connectivity index (χ2v) is 6.50. The highest BCUT2D eigenvalue weighted by Crippen LogP contribution is 2.46. The van der Waals surface area contributed by atoms with Crippen molar-refractivity contribution in [3.05, 3.63) is 23.8 Å². The lowest BCUT2D eigenvalue weighted by molar-refractivity contribution is 0.0146. The number of aliphatic hydroxyl groups is 1. The standard InChI is InChI=1S/C18H28O3/c1-13(2)14-7-6-11-18(19,12-10-14)17-15(20-3)8-5-9-16(17)21-4/h5,8-9,13-14,19H,6-7,10-12H2,1-4H3.